The molecule has 3 aromatic rings. The van der Waals surface area contributed by atoms with Crippen molar-refractivity contribution in [2.45, 2.75) is 6.92 Å². The number of hydrogen-bond acceptors (Lipinski definition) is 4. The van der Waals surface area contributed by atoms with Crippen molar-refractivity contribution in [1.29, 1.82) is 0 Å². The monoisotopic (exact) mass is 333 g/mol. The highest BCUT2D eigenvalue weighted by Gasteiger charge is 2.07. The lowest BCUT2D eigenvalue weighted by Crippen LogP contribution is -1.97. The van der Waals surface area contributed by atoms with E-state index in [0.717, 1.165) is 21.4 Å². The molecule has 0 saturated carbocycles. The molecule has 0 aliphatic heterocycles. The Morgan fingerprint density at radius 1 is 1.30 bits per heavy atom. The summed E-state index contributed by atoms with van der Waals surface area (Å²) < 4.78 is 6.01. The lowest BCUT2D eigenvalue weighted by atomic mass is 10.2. The number of nitrogens with two attached hydrogens (primary N) is 1. The first-order valence-electron chi connectivity index (χ1n) is 5.98. The third-order valence-electron chi connectivity index (χ3n) is 3.03. The minimum Gasteiger partial charge on any atom is -0.408 e. The van der Waals surface area contributed by atoms with Crippen molar-refractivity contribution in [2.24, 2.45) is 0 Å². The quantitative estimate of drug-likeness (QED) is 0.626. The molecule has 5 nitrogen and oxygen atoms in total. The van der Waals surface area contributed by atoms with Crippen LogP contribution >= 0.6 is 15.9 Å². The van der Waals surface area contributed by atoms with E-state index in [1.807, 2.05) is 25.1 Å². The highest BCUT2D eigenvalue weighted by Crippen LogP contribution is 2.29. The van der Waals surface area contributed by atoms with Gasteiger partial charge in [0.1, 0.15) is 0 Å². The highest BCUT2D eigenvalue weighted by atomic mass is 79.9. The predicted molar refractivity (Wildman–Crippen MR) is 83.4 cm³/mol. The molecule has 102 valence electrons. The molecule has 0 amide bonds. The standard InChI is InChI=1S/C14H12BrN3O2/c1-7-4-8(2-3-9(7)15)17-11-6-12-13(5-10(11)16)20-14(19)18-12/h2-6,17H,16H2,1H3,(H,18,19). The van der Waals surface area contributed by atoms with Crippen LogP contribution in [0.15, 0.2) is 44.0 Å². The van der Waals surface area contributed by atoms with Gasteiger partial charge in [0, 0.05) is 16.2 Å². The molecule has 4 N–H and O–H groups in total. The average Bonchev–Trinajstić information content (AvgIpc) is 2.73. The molecular weight excluding hydrogens is 322 g/mol. The lowest BCUT2D eigenvalue weighted by Gasteiger charge is -2.10. The van der Waals surface area contributed by atoms with Gasteiger partial charge in [-0.1, -0.05) is 15.9 Å². The van der Waals surface area contributed by atoms with Crippen LogP contribution in [-0.2, 0) is 0 Å². The van der Waals surface area contributed by atoms with Gasteiger partial charge in [0.25, 0.3) is 0 Å². The number of aryl methyl sites for hydroxylation is 1. The third-order valence-corrected chi connectivity index (χ3v) is 3.92. The first-order valence-corrected chi connectivity index (χ1v) is 6.78. The van der Waals surface area contributed by atoms with E-state index in [2.05, 4.69) is 26.2 Å². The summed E-state index contributed by atoms with van der Waals surface area (Å²) in [5.41, 5.74) is 10.3. The number of rotatable bonds is 2. The number of aromatic amines is 1. The SMILES string of the molecule is Cc1cc(Nc2cc3[nH]c(=O)oc3cc2N)ccc1Br. The van der Waals surface area contributed by atoms with E-state index in [-0.39, 0.29) is 0 Å². The van der Waals surface area contributed by atoms with Crippen molar-refractivity contribution < 1.29 is 4.42 Å². The molecule has 1 aromatic heterocycles. The van der Waals surface area contributed by atoms with E-state index in [1.54, 1.807) is 12.1 Å². The second-order valence-electron chi connectivity index (χ2n) is 4.54. The number of benzene rings is 2. The number of anilines is 3. The number of oxazole rings is 1. The largest absolute Gasteiger partial charge is 0.417 e. The summed E-state index contributed by atoms with van der Waals surface area (Å²) in [6.45, 7) is 2.01. The zero-order chi connectivity index (χ0) is 14.3. The number of nitrogens with one attached hydrogen (secondary N) is 2. The van der Waals surface area contributed by atoms with Crippen LogP contribution in [0.3, 0.4) is 0 Å². The Kier molecular flexibility index (Phi) is 3.02. The molecule has 6 heteroatoms. The predicted octanol–water partition coefficient (Wildman–Crippen LogP) is 3.52. The maximum atomic E-state index is 11.2. The number of hydrogen-bond donors (Lipinski definition) is 3. The molecular formula is C14H12BrN3O2. The van der Waals surface area contributed by atoms with Gasteiger partial charge < -0.3 is 15.5 Å². The van der Waals surface area contributed by atoms with Crippen LogP contribution in [0, 0.1) is 6.92 Å². The molecule has 0 radical (unpaired) electrons. The molecule has 20 heavy (non-hydrogen) atoms. The van der Waals surface area contributed by atoms with Crippen molar-refractivity contribution >= 4 is 44.1 Å². The van der Waals surface area contributed by atoms with E-state index in [4.69, 9.17) is 10.2 Å². The maximum absolute atomic E-state index is 11.2. The topological polar surface area (TPSA) is 84.0 Å². The van der Waals surface area contributed by atoms with Gasteiger partial charge in [-0.3, -0.25) is 4.98 Å². The van der Waals surface area contributed by atoms with Crippen LogP contribution in [0.4, 0.5) is 17.1 Å². The Labute approximate surface area is 122 Å². The van der Waals surface area contributed by atoms with Crippen molar-refractivity contribution in [3.05, 3.63) is 50.9 Å². The van der Waals surface area contributed by atoms with Gasteiger partial charge in [-0.25, -0.2) is 4.79 Å². The number of H-pyrrole nitrogens is 1. The summed E-state index contributed by atoms with van der Waals surface area (Å²) in [5.74, 6) is -0.490. The van der Waals surface area contributed by atoms with E-state index in [1.165, 1.54) is 0 Å². The van der Waals surface area contributed by atoms with Gasteiger partial charge in [-0.15, -0.1) is 0 Å². The van der Waals surface area contributed by atoms with Crippen molar-refractivity contribution in [1.82, 2.24) is 4.98 Å². The normalized spacial score (nSPS) is 10.9. The third kappa shape index (κ3) is 2.30. The highest BCUT2D eigenvalue weighted by molar-refractivity contribution is 9.10. The summed E-state index contributed by atoms with van der Waals surface area (Å²) in [6, 6.07) is 9.30. The zero-order valence-corrected chi connectivity index (χ0v) is 12.2. The molecule has 0 fully saturated rings. The molecule has 0 bridgehead atoms. The van der Waals surface area contributed by atoms with Gasteiger partial charge in [-0.2, -0.15) is 0 Å². The van der Waals surface area contributed by atoms with Gasteiger partial charge >= 0.3 is 5.76 Å². The van der Waals surface area contributed by atoms with Crippen LogP contribution < -0.4 is 16.8 Å². The van der Waals surface area contributed by atoms with Crippen LogP contribution in [0.2, 0.25) is 0 Å². The number of fused-ring (bicyclic) bond motifs is 1. The number of halogens is 1. The van der Waals surface area contributed by atoms with E-state index >= 15 is 0 Å². The van der Waals surface area contributed by atoms with E-state index in [9.17, 15) is 4.79 Å². The van der Waals surface area contributed by atoms with Gasteiger partial charge in [0.05, 0.1) is 16.9 Å². The first kappa shape index (κ1) is 12.8. The maximum Gasteiger partial charge on any atom is 0.417 e. The molecule has 2 aromatic carbocycles. The smallest absolute Gasteiger partial charge is 0.408 e. The molecule has 0 unspecified atom stereocenters. The second kappa shape index (κ2) is 4.72. The number of nitrogen functional groups attached to an aromatic ring is 1. The Morgan fingerprint density at radius 3 is 2.85 bits per heavy atom. The molecule has 0 aliphatic carbocycles. The van der Waals surface area contributed by atoms with Gasteiger partial charge in [-0.05, 0) is 36.8 Å². The summed E-state index contributed by atoms with van der Waals surface area (Å²) in [7, 11) is 0. The Bertz CT molecular complexity index is 851. The fourth-order valence-corrected chi connectivity index (χ4v) is 2.25. The summed E-state index contributed by atoms with van der Waals surface area (Å²) in [5, 5.41) is 3.23. The number of aromatic nitrogens is 1. The first-order chi connectivity index (χ1) is 9.52. The van der Waals surface area contributed by atoms with E-state index < -0.39 is 5.76 Å². The minimum atomic E-state index is -0.490. The lowest BCUT2D eigenvalue weighted by molar-refractivity contribution is 0.555. The zero-order valence-electron chi connectivity index (χ0n) is 10.7. The summed E-state index contributed by atoms with van der Waals surface area (Å²) in [6.07, 6.45) is 0. The molecule has 3 rings (SSSR count). The molecule has 0 aliphatic rings. The summed E-state index contributed by atoms with van der Waals surface area (Å²) in [4.78, 5) is 13.8. The van der Waals surface area contributed by atoms with Crippen LogP contribution in [-0.4, -0.2) is 4.98 Å². The van der Waals surface area contributed by atoms with Gasteiger partial charge in [0.15, 0.2) is 5.58 Å². The average molecular weight is 334 g/mol. The van der Waals surface area contributed by atoms with Crippen LogP contribution in [0.1, 0.15) is 5.56 Å². The van der Waals surface area contributed by atoms with Crippen LogP contribution in [0.5, 0.6) is 0 Å². The molecule has 0 atom stereocenters. The Morgan fingerprint density at radius 2 is 2.10 bits per heavy atom. The Balaban J connectivity index is 2.02. The molecule has 0 spiro atoms. The van der Waals surface area contributed by atoms with Crippen LogP contribution in [0.25, 0.3) is 11.1 Å². The second-order valence-corrected chi connectivity index (χ2v) is 5.39. The van der Waals surface area contributed by atoms with Crippen molar-refractivity contribution in [2.75, 3.05) is 11.1 Å². The fourth-order valence-electron chi connectivity index (χ4n) is 2.00. The minimum absolute atomic E-state index is 0.449. The fraction of sp³-hybridized carbons (Fsp3) is 0.0714. The Hall–Kier alpha value is -2.21. The van der Waals surface area contributed by atoms with Gasteiger partial charge in [0.2, 0.25) is 0 Å². The van der Waals surface area contributed by atoms with E-state index in [0.29, 0.717) is 16.8 Å². The van der Waals surface area contributed by atoms with Crippen molar-refractivity contribution in [3.8, 4) is 0 Å². The summed E-state index contributed by atoms with van der Waals surface area (Å²) >= 11 is 3.46. The van der Waals surface area contributed by atoms with Crippen molar-refractivity contribution in [3.63, 3.8) is 0 Å². The molecule has 1 heterocycles. The molecule has 0 saturated heterocycles.